The van der Waals surface area contributed by atoms with Crippen LogP contribution in [0.4, 0.5) is 0 Å². The molecular weight excluding hydrogens is 248 g/mol. The molecule has 0 aliphatic carbocycles. The van der Waals surface area contributed by atoms with Crippen LogP contribution in [-0.4, -0.2) is 10.2 Å². The maximum absolute atomic E-state index is 10.5. The molecule has 0 radical (unpaired) electrons. The van der Waals surface area contributed by atoms with Gasteiger partial charge in [-0.05, 0) is 47.1 Å². The van der Waals surface area contributed by atoms with Crippen LogP contribution < -0.4 is 0 Å². The van der Waals surface area contributed by atoms with E-state index in [-0.39, 0.29) is 12.0 Å². The van der Waals surface area contributed by atoms with Crippen molar-refractivity contribution >= 4 is 0 Å². The molecular formula is C18H30O2. The van der Waals surface area contributed by atoms with Gasteiger partial charge in [-0.25, -0.2) is 0 Å². The van der Waals surface area contributed by atoms with Gasteiger partial charge in [0.2, 0.25) is 0 Å². The third-order valence-electron chi connectivity index (χ3n) is 3.79. The van der Waals surface area contributed by atoms with Gasteiger partial charge in [0.1, 0.15) is 5.75 Å². The Labute approximate surface area is 123 Å². The molecule has 0 amide bonds. The second-order valence-electron chi connectivity index (χ2n) is 6.72. The second kappa shape index (κ2) is 7.68. The third kappa shape index (κ3) is 4.82. The quantitative estimate of drug-likeness (QED) is 0.710. The summed E-state index contributed by atoms with van der Waals surface area (Å²) in [7, 11) is 0. The van der Waals surface area contributed by atoms with Gasteiger partial charge in [0, 0.05) is 0 Å². The van der Waals surface area contributed by atoms with Crippen LogP contribution in [0.15, 0.2) is 12.1 Å². The summed E-state index contributed by atoms with van der Waals surface area (Å²) in [5, 5.41) is 19.9. The van der Waals surface area contributed by atoms with E-state index in [0.29, 0.717) is 5.75 Å². The lowest BCUT2D eigenvalue weighted by Gasteiger charge is -2.23. The fourth-order valence-corrected chi connectivity index (χ4v) is 2.53. The molecule has 0 fully saturated rings. The lowest BCUT2D eigenvalue weighted by molar-refractivity contribution is 0.281. The Kier molecular flexibility index (Phi) is 6.54. The highest BCUT2D eigenvalue weighted by atomic mass is 16.3. The predicted molar refractivity (Wildman–Crippen MR) is 85.2 cm³/mol. The zero-order valence-corrected chi connectivity index (χ0v) is 13.5. The minimum atomic E-state index is -0.105. The number of aromatic hydroxyl groups is 1. The number of hydrogen-bond acceptors (Lipinski definition) is 2. The van der Waals surface area contributed by atoms with Crippen molar-refractivity contribution in [3.63, 3.8) is 0 Å². The van der Waals surface area contributed by atoms with E-state index >= 15 is 0 Å². The Morgan fingerprint density at radius 1 is 1.00 bits per heavy atom. The van der Waals surface area contributed by atoms with Gasteiger partial charge in [-0.3, -0.25) is 0 Å². The molecule has 0 bridgehead atoms. The molecule has 2 heteroatoms. The summed E-state index contributed by atoms with van der Waals surface area (Å²) in [5.41, 5.74) is 2.72. The zero-order valence-electron chi connectivity index (χ0n) is 13.5. The van der Waals surface area contributed by atoms with E-state index in [0.717, 1.165) is 29.5 Å². The number of hydrogen-bond donors (Lipinski definition) is 2. The molecule has 0 aromatic heterocycles. The van der Waals surface area contributed by atoms with Crippen LogP contribution in [-0.2, 0) is 18.4 Å². The van der Waals surface area contributed by atoms with E-state index < -0.39 is 0 Å². The van der Waals surface area contributed by atoms with E-state index in [4.69, 9.17) is 0 Å². The highest BCUT2D eigenvalue weighted by molar-refractivity contribution is 5.47. The molecule has 1 aromatic rings. The van der Waals surface area contributed by atoms with Crippen LogP contribution in [0.1, 0.15) is 76.5 Å². The average Bonchev–Trinajstić information content (AvgIpc) is 2.39. The monoisotopic (exact) mass is 278 g/mol. The number of aryl methyl sites for hydroxylation is 1. The molecule has 0 spiro atoms. The van der Waals surface area contributed by atoms with E-state index in [1.165, 1.54) is 25.7 Å². The van der Waals surface area contributed by atoms with Gasteiger partial charge in [0.25, 0.3) is 0 Å². The number of rotatable bonds is 7. The Morgan fingerprint density at radius 3 is 2.20 bits per heavy atom. The van der Waals surface area contributed by atoms with Crippen molar-refractivity contribution in [1.29, 1.82) is 0 Å². The summed E-state index contributed by atoms with van der Waals surface area (Å²) in [6.07, 6.45) is 7.01. The van der Waals surface area contributed by atoms with Crippen molar-refractivity contribution in [2.75, 3.05) is 0 Å². The number of benzene rings is 1. The van der Waals surface area contributed by atoms with Gasteiger partial charge >= 0.3 is 0 Å². The molecule has 0 saturated heterocycles. The number of unbranched alkanes of at least 4 members (excludes halogenated alkanes) is 4. The summed E-state index contributed by atoms with van der Waals surface area (Å²) in [4.78, 5) is 0. The maximum Gasteiger partial charge on any atom is 0.122 e. The van der Waals surface area contributed by atoms with Crippen molar-refractivity contribution in [2.45, 2.75) is 78.2 Å². The van der Waals surface area contributed by atoms with Crippen LogP contribution in [0.25, 0.3) is 0 Å². The first-order chi connectivity index (χ1) is 9.40. The van der Waals surface area contributed by atoms with E-state index in [1.54, 1.807) is 0 Å². The Balaban J connectivity index is 2.84. The van der Waals surface area contributed by atoms with Crippen molar-refractivity contribution in [3.05, 3.63) is 28.8 Å². The lowest BCUT2D eigenvalue weighted by Crippen LogP contribution is -2.13. The van der Waals surface area contributed by atoms with Gasteiger partial charge in [-0.15, -0.1) is 0 Å². The topological polar surface area (TPSA) is 40.5 Å². The Bertz CT molecular complexity index is 416. The third-order valence-corrected chi connectivity index (χ3v) is 3.79. The van der Waals surface area contributed by atoms with Crippen molar-refractivity contribution in [3.8, 4) is 5.75 Å². The Morgan fingerprint density at radius 2 is 1.65 bits per heavy atom. The molecule has 1 aromatic carbocycles. The van der Waals surface area contributed by atoms with Gasteiger partial charge < -0.3 is 10.2 Å². The molecule has 1 rings (SSSR count). The first-order valence-corrected chi connectivity index (χ1v) is 7.86. The van der Waals surface area contributed by atoms with Crippen molar-refractivity contribution in [1.82, 2.24) is 0 Å². The maximum atomic E-state index is 10.5. The molecule has 114 valence electrons. The minimum Gasteiger partial charge on any atom is -0.507 e. The summed E-state index contributed by atoms with van der Waals surface area (Å²) < 4.78 is 0. The first-order valence-electron chi connectivity index (χ1n) is 7.86. The van der Waals surface area contributed by atoms with Gasteiger partial charge in [0.15, 0.2) is 0 Å². The molecule has 2 nitrogen and oxygen atoms in total. The number of phenolic OH excluding ortho intramolecular Hbond substituents is 1. The molecule has 0 heterocycles. The zero-order chi connectivity index (χ0) is 15.2. The number of phenols is 1. The average molecular weight is 278 g/mol. The van der Waals surface area contributed by atoms with Gasteiger partial charge in [-0.1, -0.05) is 53.4 Å². The first kappa shape index (κ1) is 17.0. The van der Waals surface area contributed by atoms with Gasteiger partial charge in [-0.2, -0.15) is 0 Å². The van der Waals surface area contributed by atoms with Crippen LogP contribution >= 0.6 is 0 Å². The smallest absolute Gasteiger partial charge is 0.122 e. The van der Waals surface area contributed by atoms with Crippen molar-refractivity contribution < 1.29 is 10.2 Å². The molecule has 0 atom stereocenters. The fraction of sp³-hybridized carbons (Fsp3) is 0.667. The van der Waals surface area contributed by atoms with Crippen LogP contribution in [0.5, 0.6) is 5.75 Å². The lowest BCUT2D eigenvalue weighted by atomic mass is 9.83. The highest BCUT2D eigenvalue weighted by Crippen LogP contribution is 2.35. The summed E-state index contributed by atoms with van der Waals surface area (Å²) in [5.74, 6) is 0.421. The van der Waals surface area contributed by atoms with Gasteiger partial charge in [0.05, 0.1) is 6.61 Å². The van der Waals surface area contributed by atoms with E-state index in [1.807, 2.05) is 12.1 Å². The molecule has 0 aliphatic rings. The van der Waals surface area contributed by atoms with Crippen LogP contribution in [0, 0.1) is 0 Å². The van der Waals surface area contributed by atoms with E-state index in [2.05, 4.69) is 27.7 Å². The largest absolute Gasteiger partial charge is 0.507 e. The Hall–Kier alpha value is -1.02. The van der Waals surface area contributed by atoms with Crippen LogP contribution in [0.2, 0.25) is 0 Å². The minimum absolute atomic E-state index is 0.0339. The highest BCUT2D eigenvalue weighted by Gasteiger charge is 2.21. The molecule has 0 saturated carbocycles. The number of aliphatic hydroxyl groups excluding tert-OH is 1. The fourth-order valence-electron chi connectivity index (χ4n) is 2.53. The molecule has 0 aliphatic heterocycles. The van der Waals surface area contributed by atoms with E-state index in [9.17, 15) is 10.2 Å². The second-order valence-corrected chi connectivity index (χ2v) is 6.72. The SMILES string of the molecule is CCCCCCCc1cc(CO)cc(C(C)(C)C)c1O. The molecule has 2 N–H and O–H groups in total. The summed E-state index contributed by atoms with van der Waals surface area (Å²) >= 11 is 0. The van der Waals surface area contributed by atoms with Crippen molar-refractivity contribution in [2.24, 2.45) is 0 Å². The summed E-state index contributed by atoms with van der Waals surface area (Å²) in [6, 6.07) is 3.88. The predicted octanol–water partition coefficient (Wildman–Crippen LogP) is 4.69. The normalized spacial score (nSPS) is 11.8. The standard InChI is InChI=1S/C18H30O2/c1-5-6-7-8-9-10-15-11-14(13-19)12-16(17(15)20)18(2,3)4/h11-12,19-20H,5-10,13H2,1-4H3. The molecule has 20 heavy (non-hydrogen) atoms. The summed E-state index contributed by atoms with van der Waals surface area (Å²) in [6.45, 7) is 8.52. The van der Waals surface area contributed by atoms with Crippen LogP contribution in [0.3, 0.4) is 0 Å². The number of aliphatic hydroxyl groups is 1. The molecule has 0 unspecified atom stereocenters.